The number of carbonyl (C=O) groups excluding carboxylic acids is 1. The molecule has 5 nitrogen and oxygen atoms in total. The maximum absolute atomic E-state index is 12.4. The number of carbonyl (C=O) groups is 1. The van der Waals surface area contributed by atoms with Crippen molar-refractivity contribution >= 4 is 27.6 Å². The summed E-state index contributed by atoms with van der Waals surface area (Å²) in [7, 11) is 1.69. The molecule has 0 unspecified atom stereocenters. The lowest BCUT2D eigenvalue weighted by Crippen LogP contribution is -2.51. The molecule has 0 saturated carbocycles. The Kier molecular flexibility index (Phi) is 5.81. The maximum Gasteiger partial charge on any atom is 0.317 e. The summed E-state index contributed by atoms with van der Waals surface area (Å²) in [5.41, 5.74) is 2.17. The zero-order valence-corrected chi connectivity index (χ0v) is 15.8. The summed E-state index contributed by atoms with van der Waals surface area (Å²) in [6.07, 6.45) is 0. The lowest BCUT2D eigenvalue weighted by molar-refractivity contribution is 0.194. The highest BCUT2D eigenvalue weighted by Gasteiger charge is 2.22. The minimum atomic E-state index is -0.0115. The zero-order chi connectivity index (χ0) is 17.6. The van der Waals surface area contributed by atoms with E-state index in [1.165, 1.54) is 0 Å². The Balaban J connectivity index is 1.51. The normalized spacial score (nSPS) is 14.3. The Morgan fingerprint density at radius 1 is 1.08 bits per heavy atom. The Labute approximate surface area is 156 Å². The second-order valence-electron chi connectivity index (χ2n) is 5.93. The van der Waals surface area contributed by atoms with E-state index in [-0.39, 0.29) is 6.03 Å². The van der Waals surface area contributed by atoms with Gasteiger partial charge in [0.1, 0.15) is 5.75 Å². The second kappa shape index (κ2) is 8.25. The van der Waals surface area contributed by atoms with Crippen LogP contribution in [0, 0.1) is 0 Å². The standard InChI is InChI=1S/C19H22BrN3O2/c1-25-18-5-3-2-4-17(18)22-10-12-23(13-11-22)19(24)21-14-15-6-8-16(20)9-7-15/h2-9H,10-14H2,1H3,(H,21,24). The molecule has 2 aromatic rings. The molecular weight excluding hydrogens is 382 g/mol. The summed E-state index contributed by atoms with van der Waals surface area (Å²) in [6.45, 7) is 3.53. The number of methoxy groups -OCH3 is 1. The van der Waals surface area contributed by atoms with E-state index in [4.69, 9.17) is 4.74 Å². The van der Waals surface area contributed by atoms with Crippen LogP contribution in [0.2, 0.25) is 0 Å². The number of nitrogens with one attached hydrogen (secondary N) is 1. The number of nitrogens with zero attached hydrogens (tertiary/aromatic N) is 2. The number of amides is 2. The lowest BCUT2D eigenvalue weighted by atomic mass is 10.2. The van der Waals surface area contributed by atoms with Gasteiger partial charge in [0, 0.05) is 37.2 Å². The Hall–Kier alpha value is -2.21. The van der Waals surface area contributed by atoms with Gasteiger partial charge in [-0.1, -0.05) is 40.2 Å². The molecule has 25 heavy (non-hydrogen) atoms. The molecule has 0 aromatic heterocycles. The van der Waals surface area contributed by atoms with Crippen molar-refractivity contribution in [3.05, 3.63) is 58.6 Å². The summed E-state index contributed by atoms with van der Waals surface area (Å²) >= 11 is 3.41. The topological polar surface area (TPSA) is 44.8 Å². The molecule has 2 amide bonds. The minimum absolute atomic E-state index is 0.0115. The molecule has 6 heteroatoms. The predicted octanol–water partition coefficient (Wildman–Crippen LogP) is 3.49. The number of rotatable bonds is 4. The van der Waals surface area contributed by atoms with E-state index >= 15 is 0 Å². The van der Waals surface area contributed by atoms with Crippen molar-refractivity contribution in [1.82, 2.24) is 10.2 Å². The van der Waals surface area contributed by atoms with E-state index < -0.39 is 0 Å². The van der Waals surface area contributed by atoms with Gasteiger partial charge in [0.15, 0.2) is 0 Å². The van der Waals surface area contributed by atoms with E-state index in [9.17, 15) is 4.79 Å². The van der Waals surface area contributed by atoms with Gasteiger partial charge in [-0.05, 0) is 29.8 Å². The first-order chi connectivity index (χ1) is 12.2. The van der Waals surface area contributed by atoms with Crippen molar-refractivity contribution < 1.29 is 9.53 Å². The van der Waals surface area contributed by atoms with Gasteiger partial charge in [0.2, 0.25) is 0 Å². The first kappa shape index (κ1) is 17.6. The van der Waals surface area contributed by atoms with Crippen molar-refractivity contribution in [2.45, 2.75) is 6.54 Å². The van der Waals surface area contributed by atoms with Crippen molar-refractivity contribution in [3.63, 3.8) is 0 Å². The van der Waals surface area contributed by atoms with Gasteiger partial charge in [-0.15, -0.1) is 0 Å². The molecule has 3 rings (SSSR count). The number of ether oxygens (including phenoxy) is 1. The largest absolute Gasteiger partial charge is 0.495 e. The van der Waals surface area contributed by atoms with Crippen LogP contribution in [-0.2, 0) is 6.54 Å². The molecule has 1 fully saturated rings. The first-order valence-corrected chi connectivity index (χ1v) is 9.12. The summed E-state index contributed by atoms with van der Waals surface area (Å²) < 4.78 is 6.47. The molecule has 0 atom stereocenters. The quantitative estimate of drug-likeness (QED) is 0.849. The fourth-order valence-electron chi connectivity index (χ4n) is 2.93. The van der Waals surface area contributed by atoms with Gasteiger partial charge in [-0.3, -0.25) is 0 Å². The molecule has 0 spiro atoms. The molecule has 1 heterocycles. The Morgan fingerprint density at radius 3 is 2.44 bits per heavy atom. The average molecular weight is 404 g/mol. The Morgan fingerprint density at radius 2 is 1.76 bits per heavy atom. The Bertz CT molecular complexity index is 713. The van der Waals surface area contributed by atoms with Crippen molar-refractivity contribution in [3.8, 4) is 5.75 Å². The third kappa shape index (κ3) is 4.45. The van der Waals surface area contributed by atoms with E-state index in [0.29, 0.717) is 19.6 Å². The number of piperazine rings is 1. The van der Waals surface area contributed by atoms with Gasteiger partial charge in [0.05, 0.1) is 12.8 Å². The molecule has 1 aliphatic heterocycles. The highest BCUT2D eigenvalue weighted by atomic mass is 79.9. The summed E-state index contributed by atoms with van der Waals surface area (Å²) in [4.78, 5) is 16.5. The van der Waals surface area contributed by atoms with Crippen LogP contribution in [0.15, 0.2) is 53.0 Å². The van der Waals surface area contributed by atoms with Crippen LogP contribution >= 0.6 is 15.9 Å². The smallest absolute Gasteiger partial charge is 0.317 e. The fraction of sp³-hybridized carbons (Fsp3) is 0.316. The van der Waals surface area contributed by atoms with Crippen LogP contribution in [0.5, 0.6) is 5.75 Å². The molecule has 0 radical (unpaired) electrons. The predicted molar refractivity (Wildman–Crippen MR) is 103 cm³/mol. The molecule has 0 bridgehead atoms. The number of hydrogen-bond donors (Lipinski definition) is 1. The summed E-state index contributed by atoms with van der Waals surface area (Å²) in [6, 6.07) is 16.0. The number of hydrogen-bond acceptors (Lipinski definition) is 3. The molecule has 1 saturated heterocycles. The summed E-state index contributed by atoms with van der Waals surface area (Å²) in [5.74, 6) is 0.871. The fourth-order valence-corrected chi connectivity index (χ4v) is 3.20. The molecular formula is C19H22BrN3O2. The number of urea groups is 1. The van der Waals surface area contributed by atoms with Crippen molar-refractivity contribution in [1.29, 1.82) is 0 Å². The molecule has 1 aliphatic rings. The van der Waals surface area contributed by atoms with Crippen molar-refractivity contribution in [2.75, 3.05) is 38.2 Å². The highest BCUT2D eigenvalue weighted by molar-refractivity contribution is 9.10. The number of para-hydroxylation sites is 2. The second-order valence-corrected chi connectivity index (χ2v) is 6.85. The number of halogens is 1. The van der Waals surface area contributed by atoms with Crippen LogP contribution < -0.4 is 15.0 Å². The SMILES string of the molecule is COc1ccccc1N1CCN(C(=O)NCc2ccc(Br)cc2)CC1. The minimum Gasteiger partial charge on any atom is -0.495 e. The van der Waals surface area contributed by atoms with E-state index in [0.717, 1.165) is 34.6 Å². The van der Waals surface area contributed by atoms with E-state index in [2.05, 4.69) is 32.2 Å². The third-order valence-electron chi connectivity index (χ3n) is 4.35. The maximum atomic E-state index is 12.4. The lowest BCUT2D eigenvalue weighted by Gasteiger charge is -2.36. The highest BCUT2D eigenvalue weighted by Crippen LogP contribution is 2.28. The van der Waals surface area contributed by atoms with Crippen LogP contribution in [-0.4, -0.2) is 44.2 Å². The van der Waals surface area contributed by atoms with E-state index in [1.807, 2.05) is 47.4 Å². The molecule has 2 aromatic carbocycles. The van der Waals surface area contributed by atoms with Gasteiger partial charge in [0.25, 0.3) is 0 Å². The summed E-state index contributed by atoms with van der Waals surface area (Å²) in [5, 5.41) is 2.99. The van der Waals surface area contributed by atoms with Gasteiger partial charge < -0.3 is 19.9 Å². The molecule has 132 valence electrons. The van der Waals surface area contributed by atoms with Crippen LogP contribution in [0.4, 0.5) is 10.5 Å². The van der Waals surface area contributed by atoms with Gasteiger partial charge >= 0.3 is 6.03 Å². The van der Waals surface area contributed by atoms with E-state index in [1.54, 1.807) is 7.11 Å². The van der Waals surface area contributed by atoms with Crippen LogP contribution in [0.25, 0.3) is 0 Å². The number of benzene rings is 2. The van der Waals surface area contributed by atoms with Crippen LogP contribution in [0.3, 0.4) is 0 Å². The van der Waals surface area contributed by atoms with Gasteiger partial charge in [-0.25, -0.2) is 4.79 Å². The first-order valence-electron chi connectivity index (χ1n) is 8.32. The third-order valence-corrected chi connectivity index (χ3v) is 4.88. The zero-order valence-electron chi connectivity index (χ0n) is 14.2. The van der Waals surface area contributed by atoms with Gasteiger partial charge in [-0.2, -0.15) is 0 Å². The van der Waals surface area contributed by atoms with Crippen LogP contribution in [0.1, 0.15) is 5.56 Å². The number of anilines is 1. The monoisotopic (exact) mass is 403 g/mol. The van der Waals surface area contributed by atoms with Crippen molar-refractivity contribution in [2.24, 2.45) is 0 Å². The molecule has 1 N–H and O–H groups in total. The average Bonchev–Trinajstić information content (AvgIpc) is 2.67. The molecule has 0 aliphatic carbocycles.